The molecule has 0 atom stereocenters. The van der Waals surface area contributed by atoms with E-state index in [1.54, 1.807) is 24.3 Å². The van der Waals surface area contributed by atoms with Gasteiger partial charge in [0.25, 0.3) is 5.22 Å². The fraction of sp³-hybridized carbons (Fsp3) is 0.133. The third-order valence-corrected chi connectivity index (χ3v) is 3.87. The van der Waals surface area contributed by atoms with Crippen molar-refractivity contribution in [1.29, 1.82) is 0 Å². The molecule has 0 bridgehead atoms. The van der Waals surface area contributed by atoms with E-state index in [4.69, 9.17) is 16.0 Å². The minimum absolute atomic E-state index is 0.154. The Morgan fingerprint density at radius 1 is 1.32 bits per heavy atom. The molecular formula is C15H12ClN3O2S. The number of carbonyl (C=O) groups is 1. The molecule has 0 radical (unpaired) electrons. The van der Waals surface area contributed by atoms with Crippen LogP contribution in [0.1, 0.15) is 5.69 Å². The maximum atomic E-state index is 11.9. The molecule has 5 nitrogen and oxygen atoms in total. The molecule has 0 aliphatic heterocycles. The zero-order chi connectivity index (χ0) is 15.5. The van der Waals surface area contributed by atoms with Crippen molar-refractivity contribution in [3.63, 3.8) is 0 Å². The smallest absolute Gasteiger partial charge is 0.258 e. The van der Waals surface area contributed by atoms with Crippen molar-refractivity contribution in [2.75, 3.05) is 11.1 Å². The summed E-state index contributed by atoms with van der Waals surface area (Å²) in [5, 5.41) is 3.77. The number of nitrogens with zero attached hydrogens (tertiary/aromatic N) is 2. The van der Waals surface area contributed by atoms with Gasteiger partial charge < -0.3 is 9.73 Å². The van der Waals surface area contributed by atoms with Gasteiger partial charge in [-0.05, 0) is 37.3 Å². The largest absolute Gasteiger partial charge is 0.430 e. The predicted molar refractivity (Wildman–Crippen MR) is 87.3 cm³/mol. The van der Waals surface area contributed by atoms with Gasteiger partial charge in [-0.3, -0.25) is 4.79 Å². The van der Waals surface area contributed by atoms with Gasteiger partial charge in [0.15, 0.2) is 11.2 Å². The number of nitrogens with one attached hydrogen (secondary N) is 1. The highest BCUT2D eigenvalue weighted by molar-refractivity contribution is 7.99. The Kier molecular flexibility index (Phi) is 4.31. The molecule has 2 heterocycles. The summed E-state index contributed by atoms with van der Waals surface area (Å²) in [6, 6.07) is 10.7. The van der Waals surface area contributed by atoms with E-state index in [2.05, 4.69) is 15.3 Å². The Hall–Kier alpha value is -2.05. The van der Waals surface area contributed by atoms with Gasteiger partial charge in [0.05, 0.1) is 5.75 Å². The molecule has 3 aromatic rings. The number of thioether (sulfide) groups is 1. The van der Waals surface area contributed by atoms with Crippen LogP contribution in [0.4, 0.5) is 5.69 Å². The highest BCUT2D eigenvalue weighted by Crippen LogP contribution is 2.23. The van der Waals surface area contributed by atoms with Gasteiger partial charge in [0.1, 0.15) is 0 Å². The van der Waals surface area contributed by atoms with Crippen molar-refractivity contribution < 1.29 is 9.21 Å². The first-order chi connectivity index (χ1) is 10.6. The first kappa shape index (κ1) is 14.9. The molecule has 0 aliphatic rings. The second-order valence-electron chi connectivity index (χ2n) is 4.60. The summed E-state index contributed by atoms with van der Waals surface area (Å²) in [6.07, 6.45) is 0. The van der Waals surface area contributed by atoms with Crippen molar-refractivity contribution in [3.05, 3.63) is 47.1 Å². The summed E-state index contributed by atoms with van der Waals surface area (Å²) < 4.78 is 5.53. The molecule has 22 heavy (non-hydrogen) atoms. The lowest BCUT2D eigenvalue weighted by atomic mass is 10.3. The molecular weight excluding hydrogens is 322 g/mol. The number of benzene rings is 1. The maximum Gasteiger partial charge on any atom is 0.258 e. The second kappa shape index (κ2) is 6.37. The Morgan fingerprint density at radius 2 is 2.18 bits per heavy atom. The van der Waals surface area contributed by atoms with Crippen LogP contribution in [-0.2, 0) is 4.79 Å². The number of carbonyl (C=O) groups excluding carboxylic acids is 1. The van der Waals surface area contributed by atoms with Crippen LogP contribution in [0.5, 0.6) is 0 Å². The summed E-state index contributed by atoms with van der Waals surface area (Å²) in [7, 11) is 0. The van der Waals surface area contributed by atoms with Crippen LogP contribution < -0.4 is 5.32 Å². The van der Waals surface area contributed by atoms with Crippen LogP contribution in [0.3, 0.4) is 0 Å². The van der Waals surface area contributed by atoms with E-state index in [0.29, 0.717) is 27.2 Å². The van der Waals surface area contributed by atoms with Crippen molar-refractivity contribution in [2.24, 2.45) is 0 Å². The van der Waals surface area contributed by atoms with Crippen LogP contribution in [0, 0.1) is 6.92 Å². The number of aromatic nitrogens is 2. The van der Waals surface area contributed by atoms with Crippen LogP contribution in [0.15, 0.2) is 46.0 Å². The quantitative estimate of drug-likeness (QED) is 0.733. The summed E-state index contributed by atoms with van der Waals surface area (Å²) in [5.74, 6) is 0.0388. The molecule has 1 aromatic carbocycles. The van der Waals surface area contributed by atoms with E-state index in [0.717, 1.165) is 5.69 Å². The Bertz CT molecular complexity index is 835. The molecule has 0 fully saturated rings. The lowest BCUT2D eigenvalue weighted by molar-refractivity contribution is -0.113. The van der Waals surface area contributed by atoms with Gasteiger partial charge in [-0.2, -0.15) is 4.98 Å². The Balaban J connectivity index is 1.62. The number of amides is 1. The Morgan fingerprint density at radius 3 is 3.00 bits per heavy atom. The van der Waals surface area contributed by atoms with Crippen LogP contribution >= 0.6 is 23.4 Å². The summed E-state index contributed by atoms with van der Waals surface area (Å²) in [4.78, 5) is 20.4. The maximum absolute atomic E-state index is 11.9. The number of fused-ring (bicyclic) bond motifs is 1. The van der Waals surface area contributed by atoms with E-state index in [1.807, 2.05) is 19.1 Å². The molecule has 7 heteroatoms. The molecule has 112 valence electrons. The van der Waals surface area contributed by atoms with Crippen molar-refractivity contribution >= 4 is 46.2 Å². The molecule has 0 aliphatic carbocycles. The van der Waals surface area contributed by atoms with E-state index >= 15 is 0 Å². The fourth-order valence-electron chi connectivity index (χ4n) is 1.85. The number of aryl methyl sites for hydroxylation is 1. The standard InChI is InChI=1S/C15H12ClN3O2S/c1-9-5-6-12-14(17-9)19-15(21-12)22-8-13(20)18-11-4-2-3-10(16)7-11/h2-7H,8H2,1H3,(H,18,20). The fourth-order valence-corrected chi connectivity index (χ4v) is 2.66. The lowest BCUT2D eigenvalue weighted by Gasteiger charge is -2.03. The average molecular weight is 334 g/mol. The molecule has 0 unspecified atom stereocenters. The normalized spacial score (nSPS) is 10.8. The molecule has 0 saturated heterocycles. The van der Waals surface area contributed by atoms with E-state index in [-0.39, 0.29) is 11.7 Å². The van der Waals surface area contributed by atoms with Gasteiger partial charge in [-0.15, -0.1) is 0 Å². The first-order valence-electron chi connectivity index (χ1n) is 6.52. The Labute approximate surface area is 136 Å². The third-order valence-electron chi connectivity index (χ3n) is 2.81. The average Bonchev–Trinajstić information content (AvgIpc) is 2.87. The number of hydrogen-bond donors (Lipinski definition) is 1. The number of halogens is 1. The van der Waals surface area contributed by atoms with Gasteiger partial charge in [-0.25, -0.2) is 4.98 Å². The molecule has 2 aromatic heterocycles. The van der Waals surface area contributed by atoms with Crippen LogP contribution in [0.25, 0.3) is 11.2 Å². The highest BCUT2D eigenvalue weighted by atomic mass is 35.5. The highest BCUT2D eigenvalue weighted by Gasteiger charge is 2.10. The van der Waals surface area contributed by atoms with E-state index in [9.17, 15) is 4.79 Å². The molecule has 3 rings (SSSR count). The lowest BCUT2D eigenvalue weighted by Crippen LogP contribution is -2.13. The molecule has 0 saturated carbocycles. The summed E-state index contributed by atoms with van der Waals surface area (Å²) in [5.41, 5.74) is 2.70. The second-order valence-corrected chi connectivity index (χ2v) is 5.96. The monoisotopic (exact) mass is 333 g/mol. The minimum atomic E-state index is -0.154. The minimum Gasteiger partial charge on any atom is -0.430 e. The molecule has 1 amide bonds. The number of pyridine rings is 1. The third kappa shape index (κ3) is 3.58. The summed E-state index contributed by atoms with van der Waals surface area (Å²) in [6.45, 7) is 1.89. The molecule has 1 N–H and O–H groups in total. The topological polar surface area (TPSA) is 68.0 Å². The van der Waals surface area contributed by atoms with Crippen molar-refractivity contribution in [1.82, 2.24) is 9.97 Å². The van der Waals surface area contributed by atoms with Gasteiger partial charge in [0.2, 0.25) is 5.91 Å². The van der Waals surface area contributed by atoms with Crippen LogP contribution in [-0.4, -0.2) is 21.6 Å². The number of oxazole rings is 1. The van der Waals surface area contributed by atoms with Crippen molar-refractivity contribution in [3.8, 4) is 0 Å². The predicted octanol–water partition coefficient (Wildman–Crippen LogP) is 3.92. The number of hydrogen-bond acceptors (Lipinski definition) is 5. The van der Waals surface area contributed by atoms with Gasteiger partial charge in [0, 0.05) is 16.4 Å². The molecule has 0 spiro atoms. The number of rotatable bonds is 4. The van der Waals surface area contributed by atoms with E-state index < -0.39 is 0 Å². The SMILES string of the molecule is Cc1ccc2oc(SCC(=O)Nc3cccc(Cl)c3)nc2n1. The first-order valence-corrected chi connectivity index (χ1v) is 7.89. The van der Waals surface area contributed by atoms with Crippen molar-refractivity contribution in [2.45, 2.75) is 12.1 Å². The number of anilines is 1. The van der Waals surface area contributed by atoms with Gasteiger partial charge >= 0.3 is 0 Å². The van der Waals surface area contributed by atoms with E-state index in [1.165, 1.54) is 11.8 Å². The zero-order valence-electron chi connectivity index (χ0n) is 11.7. The van der Waals surface area contributed by atoms with Gasteiger partial charge in [-0.1, -0.05) is 29.4 Å². The van der Waals surface area contributed by atoms with Crippen LogP contribution in [0.2, 0.25) is 5.02 Å². The zero-order valence-corrected chi connectivity index (χ0v) is 13.2. The summed E-state index contributed by atoms with van der Waals surface area (Å²) >= 11 is 7.09.